The van der Waals surface area contributed by atoms with Crippen LogP contribution in [-0.2, 0) is 19.1 Å². The summed E-state index contributed by atoms with van der Waals surface area (Å²) in [7, 11) is 0. The first-order chi connectivity index (χ1) is 18.6. The van der Waals surface area contributed by atoms with Crippen LogP contribution < -0.4 is 11.3 Å². The van der Waals surface area contributed by atoms with Crippen LogP contribution in [0, 0.1) is 29.6 Å². The Kier molecular flexibility index (Phi) is 11.3. The number of aliphatic hydroxyl groups is 1. The van der Waals surface area contributed by atoms with E-state index >= 15 is 0 Å². The highest BCUT2D eigenvalue weighted by molar-refractivity contribution is 5.93. The number of hydrogen-bond acceptors (Lipinski definition) is 7. The van der Waals surface area contributed by atoms with Gasteiger partial charge in [0.25, 0.3) is 5.91 Å². The fourth-order valence-corrected chi connectivity index (χ4v) is 5.74. The Labute approximate surface area is 232 Å². The van der Waals surface area contributed by atoms with Crippen molar-refractivity contribution in [1.82, 2.24) is 5.43 Å². The molecule has 0 spiro atoms. The zero-order valence-corrected chi connectivity index (χ0v) is 23.5. The van der Waals surface area contributed by atoms with Crippen molar-refractivity contribution >= 4 is 17.8 Å². The maximum atomic E-state index is 12.5. The van der Waals surface area contributed by atoms with E-state index in [1.54, 1.807) is 24.3 Å². The van der Waals surface area contributed by atoms with Crippen molar-refractivity contribution in [2.45, 2.75) is 84.5 Å². The molecule has 1 fully saturated rings. The Bertz CT molecular complexity index is 1040. The zero-order valence-electron chi connectivity index (χ0n) is 23.5. The van der Waals surface area contributed by atoms with Crippen molar-refractivity contribution in [3.05, 3.63) is 59.7 Å². The number of nitrogen functional groups attached to an aromatic ring is 1. The topological polar surface area (TPSA) is 128 Å². The Morgan fingerprint density at radius 2 is 1.90 bits per heavy atom. The second-order valence-electron chi connectivity index (χ2n) is 11.2. The number of allylic oxidation sites excluding steroid dienone is 3. The number of carbonyl (C=O) groups is 3. The molecule has 0 radical (unpaired) electrons. The summed E-state index contributed by atoms with van der Waals surface area (Å²) in [6.45, 7) is 8.33. The van der Waals surface area contributed by atoms with Crippen molar-refractivity contribution < 1.29 is 29.0 Å². The molecule has 1 aliphatic heterocycles. The smallest absolute Gasteiger partial charge is 0.308 e. The third kappa shape index (κ3) is 8.51. The van der Waals surface area contributed by atoms with Crippen LogP contribution in [0.5, 0.6) is 0 Å². The number of nitrogens with two attached hydrogens (primary N) is 1. The summed E-state index contributed by atoms with van der Waals surface area (Å²) in [5, 5.41) is 9.89. The number of carbonyl (C=O) groups excluding carboxylic acids is 3. The van der Waals surface area contributed by atoms with E-state index in [0.717, 1.165) is 25.7 Å². The van der Waals surface area contributed by atoms with Crippen LogP contribution in [0.4, 0.5) is 0 Å². The van der Waals surface area contributed by atoms with Gasteiger partial charge >= 0.3 is 11.9 Å². The first kappa shape index (κ1) is 30.6. The summed E-state index contributed by atoms with van der Waals surface area (Å²) in [5.74, 6) is 5.40. The molecule has 0 unspecified atom stereocenters. The monoisotopic (exact) mass is 540 g/mol. The number of rotatable bonds is 7. The van der Waals surface area contributed by atoms with Crippen molar-refractivity contribution in [1.29, 1.82) is 0 Å². The largest absolute Gasteiger partial charge is 0.462 e. The first-order valence-corrected chi connectivity index (χ1v) is 14.2. The summed E-state index contributed by atoms with van der Waals surface area (Å²) >= 11 is 0. The normalized spacial score (nSPS) is 30.5. The van der Waals surface area contributed by atoms with E-state index in [9.17, 15) is 19.5 Å². The van der Waals surface area contributed by atoms with Gasteiger partial charge in [-0.3, -0.25) is 19.8 Å². The molecule has 1 saturated heterocycles. The molecule has 4 rings (SSSR count). The highest BCUT2D eigenvalue weighted by Gasteiger charge is 2.42. The highest BCUT2D eigenvalue weighted by atomic mass is 16.5. The van der Waals surface area contributed by atoms with Gasteiger partial charge in [0.1, 0.15) is 12.2 Å². The maximum absolute atomic E-state index is 12.5. The highest BCUT2D eigenvalue weighted by Crippen LogP contribution is 2.45. The predicted octanol–water partition coefficient (Wildman–Crippen LogP) is 4.49. The zero-order chi connectivity index (χ0) is 28.5. The second-order valence-corrected chi connectivity index (χ2v) is 11.2. The molecule has 8 atom stereocenters. The minimum atomic E-state index is -0.597. The number of aliphatic hydroxyl groups excluding tert-OH is 1. The number of hydrazine groups is 1. The lowest BCUT2D eigenvalue weighted by Gasteiger charge is -2.43. The van der Waals surface area contributed by atoms with Crippen LogP contribution in [0.1, 0.15) is 76.6 Å². The van der Waals surface area contributed by atoms with Crippen molar-refractivity contribution in [2.75, 3.05) is 0 Å². The van der Waals surface area contributed by atoms with E-state index in [4.69, 9.17) is 15.3 Å². The van der Waals surface area contributed by atoms with Crippen LogP contribution in [0.2, 0.25) is 0 Å². The third-order valence-corrected chi connectivity index (χ3v) is 8.10. The molecule has 3 aliphatic rings. The molecule has 214 valence electrons. The number of benzene rings is 1. The van der Waals surface area contributed by atoms with Gasteiger partial charge in [-0.15, -0.1) is 0 Å². The molecular weight excluding hydrogens is 496 g/mol. The number of esters is 2. The van der Waals surface area contributed by atoms with Gasteiger partial charge in [-0.05, 0) is 61.1 Å². The van der Waals surface area contributed by atoms with Crippen LogP contribution >= 0.6 is 0 Å². The molecule has 1 aromatic carbocycles. The van der Waals surface area contributed by atoms with Gasteiger partial charge in [-0.25, -0.2) is 5.84 Å². The average Bonchev–Trinajstić information content (AvgIpc) is 2.92. The lowest BCUT2D eigenvalue weighted by molar-refractivity contribution is -0.162. The molecule has 1 aromatic rings. The predicted molar refractivity (Wildman–Crippen MR) is 149 cm³/mol. The molecule has 0 bridgehead atoms. The molecule has 39 heavy (non-hydrogen) atoms. The average molecular weight is 541 g/mol. The number of hydrogen-bond donors (Lipinski definition) is 3. The third-order valence-electron chi connectivity index (χ3n) is 8.10. The molecule has 4 N–H and O–H groups in total. The van der Waals surface area contributed by atoms with Gasteiger partial charge < -0.3 is 14.6 Å². The summed E-state index contributed by atoms with van der Waals surface area (Å²) in [4.78, 5) is 35.0. The molecule has 0 saturated carbocycles. The molecule has 2 aliphatic carbocycles. The lowest BCUT2D eigenvalue weighted by Crippen LogP contribution is -2.42. The molecule has 1 heterocycles. The number of cyclic esters (lactones) is 1. The summed E-state index contributed by atoms with van der Waals surface area (Å²) in [5.41, 5.74) is 3.89. The van der Waals surface area contributed by atoms with E-state index in [1.807, 2.05) is 25.3 Å². The van der Waals surface area contributed by atoms with Gasteiger partial charge in [-0.2, -0.15) is 0 Å². The van der Waals surface area contributed by atoms with Crippen molar-refractivity contribution in [3.8, 4) is 0 Å². The number of ether oxygens (including phenoxy) is 2. The number of amides is 1. The Morgan fingerprint density at radius 1 is 1.18 bits per heavy atom. The fraction of sp³-hybridized carbons (Fsp3) is 0.581. The van der Waals surface area contributed by atoms with Crippen molar-refractivity contribution in [2.24, 2.45) is 35.4 Å². The van der Waals surface area contributed by atoms with E-state index in [0.29, 0.717) is 29.7 Å². The summed E-state index contributed by atoms with van der Waals surface area (Å²) < 4.78 is 11.5. The molecule has 1 amide bonds. The Balaban J connectivity index is 0.000000353. The van der Waals surface area contributed by atoms with Gasteiger partial charge in [0.2, 0.25) is 0 Å². The van der Waals surface area contributed by atoms with Crippen LogP contribution in [0.15, 0.2) is 54.1 Å². The molecule has 8 heteroatoms. The molecule has 8 nitrogen and oxygen atoms in total. The standard InChI is InChI=1S/C24H36O5.C7H8N2O/c1-5-15(3)24(27)29-21-11-14(2)10-17-7-6-16(4)20(23(17)21)9-8-19-12-18(25)13-22(26)28-19;8-9-7(10)6-4-2-1-3-5-6/h6-7,10,14-16,18-21,23,25H,5,8-9,11-13H2,1-4H3;1-5H,8H2,(H,9,10)/t14-,15-,16-,18+,19-,20-,21-,23-;/m0./s1. The van der Waals surface area contributed by atoms with Gasteiger partial charge in [0.15, 0.2) is 0 Å². The fourth-order valence-electron chi connectivity index (χ4n) is 5.74. The molecular formula is C31H44N2O6. The minimum Gasteiger partial charge on any atom is -0.462 e. The van der Waals surface area contributed by atoms with E-state index in [1.165, 1.54) is 5.57 Å². The van der Waals surface area contributed by atoms with E-state index < -0.39 is 6.10 Å². The summed E-state index contributed by atoms with van der Waals surface area (Å²) in [6.07, 6.45) is 9.70. The number of fused-ring (bicyclic) bond motifs is 1. The Morgan fingerprint density at radius 3 is 2.54 bits per heavy atom. The second kappa shape index (κ2) is 14.4. The summed E-state index contributed by atoms with van der Waals surface area (Å²) in [6, 6.07) is 8.80. The van der Waals surface area contributed by atoms with Crippen LogP contribution in [0.3, 0.4) is 0 Å². The van der Waals surface area contributed by atoms with Gasteiger partial charge in [0, 0.05) is 17.9 Å². The van der Waals surface area contributed by atoms with Gasteiger partial charge in [0.05, 0.1) is 18.4 Å². The lowest BCUT2D eigenvalue weighted by atomic mass is 9.65. The van der Waals surface area contributed by atoms with E-state index in [-0.39, 0.29) is 48.3 Å². The molecule has 0 aromatic heterocycles. The minimum absolute atomic E-state index is 0.0854. The van der Waals surface area contributed by atoms with Crippen LogP contribution in [0.25, 0.3) is 0 Å². The maximum Gasteiger partial charge on any atom is 0.308 e. The number of nitrogens with one attached hydrogen (secondary N) is 1. The van der Waals surface area contributed by atoms with Crippen LogP contribution in [-0.4, -0.2) is 41.3 Å². The quantitative estimate of drug-likeness (QED) is 0.201. The van der Waals surface area contributed by atoms with E-state index in [2.05, 4.69) is 32.1 Å². The Hall–Kier alpha value is -2.97. The van der Waals surface area contributed by atoms with Crippen molar-refractivity contribution in [3.63, 3.8) is 0 Å². The SMILES string of the molecule is CC[C@H](C)C(=O)O[C@H]1C[C@@H](C)C=C2C=C[C@H](C)[C@H](CC[C@H]3C[C@@H](O)CC(=O)O3)[C@H]21.NNC(=O)c1ccccc1. The van der Waals surface area contributed by atoms with Gasteiger partial charge in [-0.1, -0.05) is 64.1 Å². The first-order valence-electron chi connectivity index (χ1n) is 14.2.